The van der Waals surface area contributed by atoms with E-state index in [-0.39, 0.29) is 0 Å². The summed E-state index contributed by atoms with van der Waals surface area (Å²) in [4.78, 5) is 0. The second-order valence-corrected chi connectivity index (χ2v) is 4.85. The molecule has 0 fully saturated rings. The number of aliphatic hydroxyl groups is 1. The van der Waals surface area contributed by atoms with Crippen LogP contribution in [0.2, 0.25) is 0 Å². The van der Waals surface area contributed by atoms with Gasteiger partial charge in [0.25, 0.3) is 0 Å². The summed E-state index contributed by atoms with van der Waals surface area (Å²) >= 11 is 6.31. The van der Waals surface area contributed by atoms with Crippen molar-refractivity contribution in [1.82, 2.24) is 0 Å². The van der Waals surface area contributed by atoms with Gasteiger partial charge in [0.1, 0.15) is 11.9 Å². The number of benzene rings is 2. The Morgan fingerprint density at radius 1 is 0.944 bits per heavy atom. The Bertz CT molecular complexity index is 541. The molecule has 2 aromatic rings. The van der Waals surface area contributed by atoms with E-state index in [1.807, 2.05) is 54.6 Å². The molecule has 0 bridgehead atoms. The van der Waals surface area contributed by atoms with Gasteiger partial charge >= 0.3 is 0 Å². The first-order chi connectivity index (χ1) is 8.77. The number of hydrogen-bond acceptors (Lipinski definition) is 2. The molecule has 0 amide bonds. The maximum atomic E-state index is 10.3. The SMILES string of the molecule is O[C@H]1[C@@H](c2ccccc2)Oc2ccccc2[C@@H]1Cl. The van der Waals surface area contributed by atoms with Crippen molar-refractivity contribution >= 4 is 11.6 Å². The van der Waals surface area contributed by atoms with Gasteiger partial charge in [-0.25, -0.2) is 0 Å². The molecule has 1 heterocycles. The van der Waals surface area contributed by atoms with E-state index in [0.717, 1.165) is 16.9 Å². The van der Waals surface area contributed by atoms with Crippen molar-refractivity contribution in [2.75, 3.05) is 0 Å². The van der Waals surface area contributed by atoms with E-state index in [9.17, 15) is 5.11 Å². The first kappa shape index (κ1) is 11.6. The van der Waals surface area contributed by atoms with Gasteiger partial charge in [0.2, 0.25) is 0 Å². The summed E-state index contributed by atoms with van der Waals surface area (Å²) in [7, 11) is 0. The number of rotatable bonds is 1. The first-order valence-electron chi connectivity index (χ1n) is 5.90. The van der Waals surface area contributed by atoms with Crippen LogP contribution >= 0.6 is 11.6 Å². The third kappa shape index (κ3) is 1.88. The molecule has 0 aromatic heterocycles. The van der Waals surface area contributed by atoms with E-state index in [4.69, 9.17) is 16.3 Å². The molecule has 18 heavy (non-hydrogen) atoms. The van der Waals surface area contributed by atoms with Crippen molar-refractivity contribution in [3.05, 3.63) is 65.7 Å². The normalized spacial score (nSPS) is 26.2. The number of alkyl halides is 1. The second kappa shape index (κ2) is 4.63. The summed E-state index contributed by atoms with van der Waals surface area (Å²) in [5.74, 6) is 0.747. The van der Waals surface area contributed by atoms with Gasteiger partial charge in [-0.3, -0.25) is 0 Å². The predicted molar refractivity (Wildman–Crippen MR) is 70.9 cm³/mol. The van der Waals surface area contributed by atoms with Crippen LogP contribution in [-0.2, 0) is 0 Å². The molecule has 0 saturated carbocycles. The van der Waals surface area contributed by atoms with E-state index >= 15 is 0 Å². The molecule has 92 valence electrons. The largest absolute Gasteiger partial charge is 0.483 e. The van der Waals surface area contributed by atoms with Crippen LogP contribution < -0.4 is 4.74 Å². The van der Waals surface area contributed by atoms with Crippen molar-refractivity contribution in [2.45, 2.75) is 17.6 Å². The molecular formula is C15H13ClO2. The summed E-state index contributed by atoms with van der Waals surface area (Å²) in [6.07, 6.45) is -1.16. The summed E-state index contributed by atoms with van der Waals surface area (Å²) in [5.41, 5.74) is 1.78. The van der Waals surface area contributed by atoms with Crippen molar-refractivity contribution in [1.29, 1.82) is 0 Å². The number of ether oxygens (including phenoxy) is 1. The summed E-state index contributed by atoms with van der Waals surface area (Å²) in [5, 5.41) is 9.84. The highest BCUT2D eigenvalue weighted by Gasteiger charge is 2.36. The van der Waals surface area contributed by atoms with E-state index in [2.05, 4.69) is 0 Å². The lowest BCUT2D eigenvalue weighted by Gasteiger charge is -2.34. The zero-order chi connectivity index (χ0) is 12.5. The minimum atomic E-state index is -0.746. The third-order valence-corrected chi connectivity index (χ3v) is 3.70. The highest BCUT2D eigenvalue weighted by atomic mass is 35.5. The van der Waals surface area contributed by atoms with Gasteiger partial charge in [-0.2, -0.15) is 0 Å². The van der Waals surface area contributed by atoms with Gasteiger partial charge in [0, 0.05) is 5.56 Å². The van der Waals surface area contributed by atoms with Gasteiger partial charge in [-0.1, -0.05) is 48.5 Å². The predicted octanol–water partition coefficient (Wildman–Crippen LogP) is 3.46. The minimum absolute atomic E-state index is 0.413. The molecule has 0 unspecified atom stereocenters. The van der Waals surface area contributed by atoms with Crippen molar-refractivity contribution in [3.63, 3.8) is 0 Å². The Hall–Kier alpha value is -1.51. The fraction of sp³-hybridized carbons (Fsp3) is 0.200. The Labute approximate surface area is 111 Å². The molecule has 0 aliphatic carbocycles. The Morgan fingerprint density at radius 2 is 1.61 bits per heavy atom. The van der Waals surface area contributed by atoms with E-state index < -0.39 is 17.6 Å². The van der Waals surface area contributed by atoms with Gasteiger partial charge in [-0.15, -0.1) is 11.6 Å². The van der Waals surface area contributed by atoms with E-state index in [0.29, 0.717) is 0 Å². The fourth-order valence-electron chi connectivity index (χ4n) is 2.27. The standard InChI is InChI=1S/C15H13ClO2/c16-13-11-8-4-5-9-12(11)18-15(14(13)17)10-6-2-1-3-7-10/h1-9,13-15,17H/t13-,14+,15+/m0/s1. The molecule has 1 N–H and O–H groups in total. The molecular weight excluding hydrogens is 248 g/mol. The molecule has 3 heteroatoms. The van der Waals surface area contributed by atoms with Gasteiger partial charge in [-0.05, 0) is 11.6 Å². The quantitative estimate of drug-likeness (QED) is 0.796. The van der Waals surface area contributed by atoms with Crippen LogP contribution in [0.4, 0.5) is 0 Å². The fourth-order valence-corrected chi connectivity index (χ4v) is 2.58. The highest BCUT2D eigenvalue weighted by Crippen LogP contribution is 2.43. The van der Waals surface area contributed by atoms with Crippen LogP contribution in [0.5, 0.6) is 5.75 Å². The van der Waals surface area contributed by atoms with Crippen molar-refractivity contribution in [3.8, 4) is 5.75 Å². The molecule has 1 aliphatic rings. The molecule has 2 nitrogen and oxygen atoms in total. The topological polar surface area (TPSA) is 29.5 Å². The van der Waals surface area contributed by atoms with E-state index in [1.54, 1.807) is 0 Å². The number of para-hydroxylation sites is 1. The molecule has 0 saturated heterocycles. The Kier molecular flexibility index (Phi) is 2.98. The van der Waals surface area contributed by atoms with Crippen LogP contribution in [0.1, 0.15) is 22.6 Å². The molecule has 3 atom stereocenters. The summed E-state index contributed by atoms with van der Waals surface area (Å²) < 4.78 is 5.87. The smallest absolute Gasteiger partial charge is 0.151 e. The molecule has 1 aliphatic heterocycles. The van der Waals surface area contributed by atoms with Gasteiger partial charge in [0.05, 0.1) is 5.38 Å². The highest BCUT2D eigenvalue weighted by molar-refractivity contribution is 6.21. The molecule has 3 rings (SSSR count). The van der Waals surface area contributed by atoms with Gasteiger partial charge < -0.3 is 9.84 Å². The van der Waals surface area contributed by atoms with Crippen molar-refractivity contribution < 1.29 is 9.84 Å². The lowest BCUT2D eigenvalue weighted by atomic mass is 9.94. The number of fused-ring (bicyclic) bond motifs is 1. The summed E-state index contributed by atoms with van der Waals surface area (Å²) in [6.45, 7) is 0. The van der Waals surface area contributed by atoms with Crippen LogP contribution in [-0.4, -0.2) is 11.2 Å². The van der Waals surface area contributed by atoms with Crippen molar-refractivity contribution in [2.24, 2.45) is 0 Å². The maximum absolute atomic E-state index is 10.3. The van der Waals surface area contributed by atoms with Gasteiger partial charge in [0.15, 0.2) is 6.10 Å². The van der Waals surface area contributed by atoms with Crippen LogP contribution in [0.25, 0.3) is 0 Å². The first-order valence-corrected chi connectivity index (χ1v) is 6.33. The molecule has 0 radical (unpaired) electrons. The minimum Gasteiger partial charge on any atom is -0.483 e. The zero-order valence-corrected chi connectivity index (χ0v) is 10.4. The zero-order valence-electron chi connectivity index (χ0n) is 9.66. The monoisotopic (exact) mass is 260 g/mol. The number of aliphatic hydroxyl groups excluding tert-OH is 1. The Morgan fingerprint density at radius 3 is 2.39 bits per heavy atom. The third-order valence-electron chi connectivity index (χ3n) is 3.21. The summed E-state index contributed by atoms with van der Waals surface area (Å²) in [6, 6.07) is 17.2. The lowest BCUT2D eigenvalue weighted by Crippen LogP contribution is -2.32. The number of hydrogen-bond donors (Lipinski definition) is 1. The lowest BCUT2D eigenvalue weighted by molar-refractivity contribution is 0.0170. The maximum Gasteiger partial charge on any atom is 0.151 e. The average molecular weight is 261 g/mol. The van der Waals surface area contributed by atoms with Crippen LogP contribution in [0.15, 0.2) is 54.6 Å². The average Bonchev–Trinajstić information content (AvgIpc) is 2.44. The van der Waals surface area contributed by atoms with Crippen LogP contribution in [0.3, 0.4) is 0 Å². The molecule has 0 spiro atoms. The Balaban J connectivity index is 2.01. The van der Waals surface area contributed by atoms with E-state index in [1.165, 1.54) is 0 Å². The number of halogens is 1. The molecule has 2 aromatic carbocycles. The van der Waals surface area contributed by atoms with Crippen LogP contribution in [0, 0.1) is 0 Å². The second-order valence-electron chi connectivity index (χ2n) is 4.38.